The van der Waals surface area contributed by atoms with Crippen molar-refractivity contribution in [3.05, 3.63) is 36.0 Å². The highest BCUT2D eigenvalue weighted by atomic mass is 32.2. The van der Waals surface area contributed by atoms with Crippen LogP contribution in [0.25, 0.3) is 0 Å². The molecule has 9 nitrogen and oxygen atoms in total. The van der Waals surface area contributed by atoms with Crippen molar-refractivity contribution < 1.29 is 22.7 Å². The molecule has 2 aliphatic rings. The Morgan fingerprint density at radius 2 is 1.75 bits per heavy atom. The fourth-order valence-electron chi connectivity index (χ4n) is 4.14. The maximum atomic E-state index is 12.7. The monoisotopic (exact) mass is 462 g/mol. The lowest BCUT2D eigenvalue weighted by atomic mass is 10.1. The maximum absolute atomic E-state index is 12.7. The summed E-state index contributed by atoms with van der Waals surface area (Å²) in [6.07, 6.45) is 8.89. The Morgan fingerprint density at radius 3 is 2.44 bits per heavy atom. The van der Waals surface area contributed by atoms with Gasteiger partial charge in [-0.2, -0.15) is 4.68 Å². The standard InChI is InChI=1S/C22H30N4O5S/c1-16-7-8-19(15-20(16)31-17-5-3-4-6-17)30-18-9-12-25(13-10-18)22(27)26-14-11-21(23-26)24-32(2,28)29/h7-8,11,14-15,17-18H,3-6,9-10,12-13H2,1-2H3,(H,23,24). The zero-order chi connectivity index (χ0) is 22.7. The van der Waals surface area contributed by atoms with E-state index in [9.17, 15) is 13.2 Å². The number of piperidine rings is 1. The number of aryl methyl sites for hydroxylation is 1. The first kappa shape index (κ1) is 22.4. The summed E-state index contributed by atoms with van der Waals surface area (Å²) in [6.45, 7) is 3.12. The number of nitrogens with one attached hydrogen (secondary N) is 1. The van der Waals surface area contributed by atoms with Gasteiger partial charge in [0.15, 0.2) is 5.82 Å². The van der Waals surface area contributed by atoms with Gasteiger partial charge in [-0.25, -0.2) is 13.2 Å². The fourth-order valence-corrected chi connectivity index (χ4v) is 4.63. The van der Waals surface area contributed by atoms with Crippen molar-refractivity contribution in [2.75, 3.05) is 24.1 Å². The van der Waals surface area contributed by atoms with Crippen molar-refractivity contribution in [3.63, 3.8) is 0 Å². The molecule has 1 aliphatic carbocycles. The van der Waals surface area contributed by atoms with E-state index < -0.39 is 10.0 Å². The first-order valence-electron chi connectivity index (χ1n) is 11.0. The number of ether oxygens (including phenoxy) is 2. The molecular weight excluding hydrogens is 432 g/mol. The minimum atomic E-state index is -3.44. The van der Waals surface area contributed by atoms with Gasteiger partial charge in [0.05, 0.1) is 12.4 Å². The minimum Gasteiger partial charge on any atom is -0.490 e. The van der Waals surface area contributed by atoms with E-state index in [0.29, 0.717) is 32.0 Å². The maximum Gasteiger partial charge on any atom is 0.344 e. The van der Waals surface area contributed by atoms with Crippen LogP contribution in [0, 0.1) is 6.92 Å². The highest BCUT2D eigenvalue weighted by Gasteiger charge is 2.26. The molecule has 0 atom stereocenters. The normalized spacial score (nSPS) is 18.0. The summed E-state index contributed by atoms with van der Waals surface area (Å²) in [4.78, 5) is 14.4. The Kier molecular flexibility index (Phi) is 6.59. The molecule has 0 unspecified atom stereocenters. The molecule has 1 saturated heterocycles. The molecule has 1 N–H and O–H groups in total. The number of benzene rings is 1. The van der Waals surface area contributed by atoms with Crippen molar-refractivity contribution in [3.8, 4) is 11.5 Å². The Bertz CT molecular complexity index is 1050. The first-order valence-corrected chi connectivity index (χ1v) is 12.9. The Hall–Kier alpha value is -2.75. The van der Waals surface area contributed by atoms with Crippen LogP contribution in [0.4, 0.5) is 10.6 Å². The van der Waals surface area contributed by atoms with E-state index in [2.05, 4.69) is 9.82 Å². The second-order valence-electron chi connectivity index (χ2n) is 8.56. The number of carbonyl (C=O) groups is 1. The van der Waals surface area contributed by atoms with E-state index >= 15 is 0 Å². The lowest BCUT2D eigenvalue weighted by Gasteiger charge is -2.32. The molecule has 1 aromatic heterocycles. The van der Waals surface area contributed by atoms with Gasteiger partial charge in [0.1, 0.15) is 17.6 Å². The zero-order valence-electron chi connectivity index (χ0n) is 18.5. The highest BCUT2D eigenvalue weighted by Crippen LogP contribution is 2.30. The van der Waals surface area contributed by atoms with Gasteiger partial charge in [0.25, 0.3) is 0 Å². The van der Waals surface area contributed by atoms with Crippen LogP contribution < -0.4 is 14.2 Å². The third-order valence-corrected chi connectivity index (χ3v) is 6.43. The van der Waals surface area contributed by atoms with E-state index in [4.69, 9.17) is 9.47 Å². The quantitative estimate of drug-likeness (QED) is 0.706. The summed E-state index contributed by atoms with van der Waals surface area (Å²) in [5.74, 6) is 1.80. The van der Waals surface area contributed by atoms with Gasteiger partial charge in [-0.15, -0.1) is 5.10 Å². The molecule has 2 fully saturated rings. The molecule has 10 heteroatoms. The molecule has 0 radical (unpaired) electrons. The van der Waals surface area contributed by atoms with E-state index in [1.54, 1.807) is 4.90 Å². The predicted molar refractivity (Wildman–Crippen MR) is 121 cm³/mol. The van der Waals surface area contributed by atoms with Crippen molar-refractivity contribution in [1.29, 1.82) is 0 Å². The Morgan fingerprint density at radius 1 is 1.06 bits per heavy atom. The third kappa shape index (κ3) is 5.73. The topological polar surface area (TPSA) is 103 Å². The van der Waals surface area contributed by atoms with E-state index in [0.717, 1.165) is 40.8 Å². The average Bonchev–Trinajstić information content (AvgIpc) is 3.41. The minimum absolute atomic E-state index is 0.0150. The number of sulfonamides is 1. The fraction of sp³-hybridized carbons (Fsp3) is 0.545. The number of amides is 1. The molecule has 4 rings (SSSR count). The summed E-state index contributed by atoms with van der Waals surface area (Å²) in [7, 11) is -3.44. The number of carbonyl (C=O) groups excluding carboxylic acids is 1. The summed E-state index contributed by atoms with van der Waals surface area (Å²) < 4.78 is 38.4. The smallest absolute Gasteiger partial charge is 0.344 e. The molecule has 0 spiro atoms. The van der Waals surface area contributed by atoms with Crippen LogP contribution in [0.1, 0.15) is 44.1 Å². The Balaban J connectivity index is 1.30. The van der Waals surface area contributed by atoms with Crippen molar-refractivity contribution in [2.45, 2.75) is 57.7 Å². The van der Waals surface area contributed by atoms with Crippen molar-refractivity contribution in [1.82, 2.24) is 14.7 Å². The SMILES string of the molecule is Cc1ccc(OC2CCN(C(=O)n3ccc(NS(C)(=O)=O)n3)CC2)cc1OC1CCCC1. The molecule has 1 aromatic carbocycles. The van der Waals surface area contributed by atoms with Crippen molar-refractivity contribution >= 4 is 21.9 Å². The second-order valence-corrected chi connectivity index (χ2v) is 10.3. The average molecular weight is 463 g/mol. The molecular formula is C22H30N4O5S. The predicted octanol–water partition coefficient (Wildman–Crippen LogP) is 3.40. The van der Waals surface area contributed by atoms with Gasteiger partial charge in [-0.05, 0) is 44.2 Å². The zero-order valence-corrected chi connectivity index (χ0v) is 19.3. The number of hydrogen-bond acceptors (Lipinski definition) is 6. The van der Waals surface area contributed by atoms with Crippen LogP contribution in [0.3, 0.4) is 0 Å². The van der Waals surface area contributed by atoms with Crippen LogP contribution in [0.5, 0.6) is 11.5 Å². The summed E-state index contributed by atoms with van der Waals surface area (Å²) >= 11 is 0. The number of nitrogens with zero attached hydrogens (tertiary/aromatic N) is 3. The highest BCUT2D eigenvalue weighted by molar-refractivity contribution is 7.92. The molecule has 0 bridgehead atoms. The first-order chi connectivity index (χ1) is 15.3. The van der Waals surface area contributed by atoms with Crippen LogP contribution >= 0.6 is 0 Å². The molecule has 2 heterocycles. The van der Waals surface area contributed by atoms with Gasteiger partial charge in [0.2, 0.25) is 10.0 Å². The molecule has 1 aliphatic heterocycles. The van der Waals surface area contributed by atoms with Crippen molar-refractivity contribution in [2.24, 2.45) is 0 Å². The molecule has 174 valence electrons. The van der Waals surface area contributed by atoms with Gasteiger partial charge in [-0.3, -0.25) is 4.72 Å². The van der Waals surface area contributed by atoms with Gasteiger partial charge >= 0.3 is 6.03 Å². The van der Waals surface area contributed by atoms with Gasteiger partial charge in [-0.1, -0.05) is 6.07 Å². The van der Waals surface area contributed by atoms with Crippen LogP contribution in [0.15, 0.2) is 30.5 Å². The third-order valence-electron chi connectivity index (χ3n) is 5.85. The number of aromatic nitrogens is 2. The van der Waals surface area contributed by atoms with E-state index in [1.807, 2.05) is 25.1 Å². The summed E-state index contributed by atoms with van der Waals surface area (Å²) in [6, 6.07) is 7.14. The lowest BCUT2D eigenvalue weighted by molar-refractivity contribution is 0.110. The molecule has 1 amide bonds. The van der Waals surface area contributed by atoms with E-state index in [-0.39, 0.29) is 18.0 Å². The largest absolute Gasteiger partial charge is 0.490 e. The Labute approximate surface area is 188 Å². The number of rotatable bonds is 6. The number of anilines is 1. The molecule has 2 aromatic rings. The molecule has 32 heavy (non-hydrogen) atoms. The number of likely N-dealkylation sites (tertiary alicyclic amines) is 1. The summed E-state index contributed by atoms with van der Waals surface area (Å²) in [5.41, 5.74) is 1.11. The molecule has 1 saturated carbocycles. The van der Waals surface area contributed by atoms with Gasteiger partial charge < -0.3 is 14.4 Å². The second kappa shape index (κ2) is 9.40. The van der Waals surface area contributed by atoms with Crippen LogP contribution in [-0.4, -0.2) is 60.7 Å². The lowest BCUT2D eigenvalue weighted by Crippen LogP contribution is -2.43. The summed E-state index contributed by atoms with van der Waals surface area (Å²) in [5, 5.41) is 4.01. The number of hydrogen-bond donors (Lipinski definition) is 1. The van der Waals surface area contributed by atoms with Crippen LogP contribution in [0.2, 0.25) is 0 Å². The van der Waals surface area contributed by atoms with Crippen LogP contribution in [-0.2, 0) is 10.0 Å². The van der Waals surface area contributed by atoms with E-state index in [1.165, 1.54) is 25.1 Å². The van der Waals surface area contributed by atoms with Gasteiger partial charge in [0, 0.05) is 44.3 Å².